The van der Waals surface area contributed by atoms with Crippen molar-refractivity contribution in [2.24, 2.45) is 0 Å². The number of fused-ring (bicyclic) bond motifs is 12. The van der Waals surface area contributed by atoms with E-state index in [0.29, 0.717) is 0 Å². The highest BCUT2D eigenvalue weighted by Gasteiger charge is 2.28. The molecule has 0 saturated heterocycles. The topological polar surface area (TPSA) is 15.3 Å². The summed E-state index contributed by atoms with van der Waals surface area (Å²) in [5.41, 5.74) is 18.7. The Balaban J connectivity index is 0.976. The monoisotopic (exact) mass is 1020 g/mol. The van der Waals surface area contributed by atoms with E-state index in [0.717, 1.165) is 22.7 Å². The molecule has 0 unspecified atom stereocenters. The number of rotatable bonds is 8. The van der Waals surface area contributed by atoms with Crippen LogP contribution in [0, 0.1) is 0 Å². The number of nitrogens with zero attached hydrogens (tertiary/aromatic N) is 4. The first-order valence-electron chi connectivity index (χ1n) is 27.6. The van der Waals surface area contributed by atoms with E-state index in [1.54, 1.807) is 0 Å². The normalized spacial score (nSPS) is 12.0. The van der Waals surface area contributed by atoms with Crippen LogP contribution in [0.3, 0.4) is 0 Å². The van der Waals surface area contributed by atoms with E-state index in [4.69, 9.17) is 0 Å². The molecule has 4 nitrogen and oxygen atoms in total. The summed E-state index contributed by atoms with van der Waals surface area (Å²) in [7, 11) is 0. The third-order valence-corrected chi connectivity index (χ3v) is 16.9. The van der Waals surface area contributed by atoms with Gasteiger partial charge in [-0.15, -0.1) is 0 Å². The lowest BCUT2D eigenvalue weighted by Crippen LogP contribution is -2.11. The SMILES string of the molecule is c1ccc(N(c2ccccc2)c2c3ccccc3c(-c3cc4c5ccccc5n5c6cc(-c7c8ccccc8c(N(c8ccccc8)c8ccccc8)c8ccccc78)cc7c8ccccc8n(c(c3)c45)c76)c3ccccc23)cc1. The van der Waals surface area contributed by atoms with Crippen molar-refractivity contribution in [3.63, 3.8) is 0 Å². The maximum atomic E-state index is 2.58. The number of hydrogen-bond acceptors (Lipinski definition) is 2. The molecular weight excluding hydrogens is 969 g/mol. The molecule has 0 fully saturated rings. The van der Waals surface area contributed by atoms with Gasteiger partial charge in [-0.3, -0.25) is 0 Å². The molecule has 0 amide bonds. The van der Waals surface area contributed by atoms with Crippen molar-refractivity contribution in [3.8, 4) is 22.3 Å². The maximum absolute atomic E-state index is 2.58. The van der Waals surface area contributed by atoms with Gasteiger partial charge in [0.2, 0.25) is 0 Å². The highest BCUT2D eigenvalue weighted by atomic mass is 15.2. The van der Waals surface area contributed by atoms with Crippen LogP contribution in [0.2, 0.25) is 0 Å². The van der Waals surface area contributed by atoms with Crippen molar-refractivity contribution in [1.29, 1.82) is 0 Å². The fraction of sp³-hybridized carbons (Fsp3) is 0. The summed E-state index contributed by atoms with van der Waals surface area (Å²) >= 11 is 0. The lowest BCUT2D eigenvalue weighted by molar-refractivity contribution is 1.26. The van der Waals surface area contributed by atoms with E-state index >= 15 is 0 Å². The molecule has 0 saturated carbocycles. The van der Waals surface area contributed by atoms with Crippen LogP contribution in [0.15, 0.2) is 291 Å². The van der Waals surface area contributed by atoms with Crippen LogP contribution in [0.1, 0.15) is 0 Å². The fourth-order valence-corrected chi connectivity index (χ4v) is 13.7. The highest BCUT2D eigenvalue weighted by molar-refractivity contribution is 6.28. The van der Waals surface area contributed by atoms with E-state index in [2.05, 4.69) is 310 Å². The van der Waals surface area contributed by atoms with Gasteiger partial charge in [-0.25, -0.2) is 0 Å². The minimum Gasteiger partial charge on any atom is -0.309 e. The van der Waals surface area contributed by atoms with E-state index in [9.17, 15) is 0 Å². The average molecular weight is 1020 g/mol. The molecule has 0 atom stereocenters. The number of anilines is 6. The first-order chi connectivity index (χ1) is 39.8. The fourth-order valence-electron chi connectivity index (χ4n) is 13.7. The van der Waals surface area contributed by atoms with Gasteiger partial charge in [0.05, 0.1) is 44.5 Å². The molecule has 0 bridgehead atoms. The Morgan fingerprint density at radius 2 is 0.450 bits per heavy atom. The lowest BCUT2D eigenvalue weighted by atomic mass is 9.89. The first kappa shape index (κ1) is 44.4. The molecule has 372 valence electrons. The largest absolute Gasteiger partial charge is 0.309 e. The molecule has 0 N–H and O–H groups in total. The predicted octanol–water partition coefficient (Wildman–Crippen LogP) is 21.1. The molecule has 4 heteroatoms. The van der Waals surface area contributed by atoms with E-state index < -0.39 is 0 Å². The molecule has 14 aromatic carbocycles. The Labute approximate surface area is 461 Å². The Morgan fingerprint density at radius 3 is 0.750 bits per heavy atom. The average Bonchev–Trinajstić information content (AvgIpc) is 3.92. The molecule has 17 rings (SSSR count). The summed E-state index contributed by atoms with van der Waals surface area (Å²) in [4.78, 5) is 4.87. The zero-order valence-electron chi connectivity index (χ0n) is 43.5. The van der Waals surface area contributed by atoms with Gasteiger partial charge in [-0.1, -0.05) is 206 Å². The Morgan fingerprint density at radius 1 is 0.200 bits per heavy atom. The minimum absolute atomic E-state index is 1.11. The van der Waals surface area contributed by atoms with Gasteiger partial charge in [-0.2, -0.15) is 0 Å². The van der Waals surface area contributed by atoms with Crippen molar-refractivity contribution >= 4 is 132 Å². The zero-order chi connectivity index (χ0) is 52.4. The zero-order valence-corrected chi connectivity index (χ0v) is 43.5. The predicted molar refractivity (Wildman–Crippen MR) is 340 cm³/mol. The quantitative estimate of drug-likeness (QED) is 0.141. The molecule has 0 spiro atoms. The van der Waals surface area contributed by atoms with Crippen LogP contribution < -0.4 is 9.80 Å². The Hall–Kier alpha value is -10.7. The Kier molecular flexibility index (Phi) is 9.68. The van der Waals surface area contributed by atoms with Gasteiger partial charge >= 0.3 is 0 Å². The van der Waals surface area contributed by atoms with E-state index in [-0.39, 0.29) is 0 Å². The summed E-state index contributed by atoms with van der Waals surface area (Å²) in [5, 5.41) is 14.5. The molecule has 17 aromatic rings. The van der Waals surface area contributed by atoms with Crippen LogP contribution in [-0.4, -0.2) is 8.80 Å². The number of benzene rings is 14. The van der Waals surface area contributed by atoms with E-state index in [1.165, 1.54) is 131 Å². The second-order valence-corrected chi connectivity index (χ2v) is 21.1. The number of aromatic nitrogens is 2. The molecule has 0 aliphatic rings. The van der Waals surface area contributed by atoms with Crippen molar-refractivity contribution in [2.45, 2.75) is 0 Å². The van der Waals surface area contributed by atoms with Gasteiger partial charge < -0.3 is 18.6 Å². The van der Waals surface area contributed by atoms with E-state index in [1.807, 2.05) is 0 Å². The molecule has 3 aromatic heterocycles. The maximum Gasteiger partial charge on any atom is 0.0783 e. The summed E-state index contributed by atoms with van der Waals surface area (Å²) < 4.78 is 5.16. The molecule has 3 heterocycles. The van der Waals surface area contributed by atoms with Crippen molar-refractivity contribution in [2.75, 3.05) is 9.80 Å². The van der Waals surface area contributed by atoms with Gasteiger partial charge in [0.1, 0.15) is 0 Å². The third-order valence-electron chi connectivity index (χ3n) is 16.9. The van der Waals surface area contributed by atoms with Gasteiger partial charge in [0, 0.05) is 65.8 Å². The first-order valence-corrected chi connectivity index (χ1v) is 27.6. The molecule has 0 radical (unpaired) electrons. The van der Waals surface area contributed by atoms with Crippen molar-refractivity contribution in [1.82, 2.24) is 8.80 Å². The van der Waals surface area contributed by atoms with Crippen LogP contribution in [0.5, 0.6) is 0 Å². The molecule has 0 aliphatic heterocycles. The van der Waals surface area contributed by atoms with Crippen molar-refractivity contribution < 1.29 is 0 Å². The smallest absolute Gasteiger partial charge is 0.0783 e. The third kappa shape index (κ3) is 6.39. The Bertz CT molecular complexity index is 4770. The number of para-hydroxylation sites is 6. The summed E-state index contributed by atoms with van der Waals surface area (Å²) in [5.74, 6) is 0. The van der Waals surface area contributed by atoms with Gasteiger partial charge in [-0.05, 0) is 129 Å². The van der Waals surface area contributed by atoms with Crippen LogP contribution in [0.25, 0.3) is 120 Å². The van der Waals surface area contributed by atoms with Gasteiger partial charge in [0.15, 0.2) is 0 Å². The molecular formula is C76H48N4. The van der Waals surface area contributed by atoms with Gasteiger partial charge in [0.25, 0.3) is 0 Å². The van der Waals surface area contributed by atoms with Crippen LogP contribution in [-0.2, 0) is 0 Å². The van der Waals surface area contributed by atoms with Crippen LogP contribution >= 0.6 is 0 Å². The molecule has 0 aliphatic carbocycles. The van der Waals surface area contributed by atoms with Crippen molar-refractivity contribution in [3.05, 3.63) is 291 Å². The lowest BCUT2D eigenvalue weighted by Gasteiger charge is -2.29. The summed E-state index contributed by atoms with van der Waals surface area (Å²) in [6.45, 7) is 0. The standard InChI is InChI=1S/C76H48N4/c1-5-25-51(26-6-1)77(52-27-7-2-8-28-52)73-61-39-17-13-35-57(61)71(58-36-14-18-40-62(58)73)49-45-65-55-33-21-23-43-67(55)80-70-48-50(46-66-56-34-22-24-44-68(56)79(76(66)70)69(47-49)75(65)80)72-59-37-15-19-41-63(59)74(64-42-20-16-38-60(64)72)78(53-29-9-3-10-30-53)54-31-11-4-12-32-54/h1-48H. The minimum atomic E-state index is 1.11. The van der Waals surface area contributed by atoms with Crippen LogP contribution in [0.4, 0.5) is 34.1 Å². The summed E-state index contributed by atoms with van der Waals surface area (Å²) in [6, 6.07) is 107. The second kappa shape index (κ2) is 17.4. The number of hydrogen-bond donors (Lipinski definition) is 0. The summed E-state index contributed by atoms with van der Waals surface area (Å²) in [6.07, 6.45) is 0. The second-order valence-electron chi connectivity index (χ2n) is 21.1. The molecule has 80 heavy (non-hydrogen) atoms. The highest BCUT2D eigenvalue weighted by Crippen LogP contribution is 2.53.